The molecular formula is C11H9N3S. The average molecular weight is 215 g/mol. The number of rotatable bonds is 0. The van der Waals surface area contributed by atoms with E-state index in [0.29, 0.717) is 5.01 Å². The number of hydrogen-bond donors (Lipinski definition) is 0. The summed E-state index contributed by atoms with van der Waals surface area (Å²) in [6.45, 7) is 1.08. The monoisotopic (exact) mass is 215 g/mol. The summed E-state index contributed by atoms with van der Waals surface area (Å²) >= 11 is 1.47. The van der Waals surface area contributed by atoms with Gasteiger partial charge >= 0.3 is 0 Å². The fraction of sp³-hybridized carbons (Fsp3) is 0.273. The SMILES string of the molecule is CN1CCc2cc3nc(C#N)sc3cc21. The predicted octanol–water partition coefficient (Wildman–Crippen LogP) is 2.16. The van der Waals surface area contributed by atoms with Crippen LogP contribution < -0.4 is 4.90 Å². The molecule has 1 aromatic carbocycles. The van der Waals surface area contributed by atoms with Crippen molar-refractivity contribution >= 4 is 27.2 Å². The Labute approximate surface area is 91.6 Å². The summed E-state index contributed by atoms with van der Waals surface area (Å²) in [5.74, 6) is 0. The Kier molecular flexibility index (Phi) is 1.70. The van der Waals surface area contributed by atoms with Crippen LogP contribution in [0.5, 0.6) is 0 Å². The van der Waals surface area contributed by atoms with Crippen LogP contribution in [-0.4, -0.2) is 18.6 Å². The Morgan fingerprint density at radius 1 is 1.53 bits per heavy atom. The Morgan fingerprint density at radius 2 is 2.40 bits per heavy atom. The van der Waals surface area contributed by atoms with Crippen LogP contribution in [0.2, 0.25) is 0 Å². The molecule has 0 aliphatic carbocycles. The van der Waals surface area contributed by atoms with Crippen LogP contribution in [0, 0.1) is 11.3 Å². The van der Waals surface area contributed by atoms with Gasteiger partial charge in [-0.3, -0.25) is 0 Å². The van der Waals surface area contributed by atoms with Crippen molar-refractivity contribution in [3.05, 3.63) is 22.7 Å². The molecule has 3 rings (SSSR count). The lowest BCUT2D eigenvalue weighted by Gasteiger charge is -2.10. The molecule has 15 heavy (non-hydrogen) atoms. The van der Waals surface area contributed by atoms with Crippen molar-refractivity contribution in [1.82, 2.24) is 4.98 Å². The third-order valence-electron chi connectivity index (χ3n) is 2.81. The Hall–Kier alpha value is -1.60. The van der Waals surface area contributed by atoms with Crippen LogP contribution in [0.3, 0.4) is 0 Å². The van der Waals surface area contributed by atoms with Crippen molar-refractivity contribution in [2.45, 2.75) is 6.42 Å². The molecule has 3 nitrogen and oxygen atoms in total. The van der Waals surface area contributed by atoms with Crippen molar-refractivity contribution in [2.24, 2.45) is 0 Å². The Balaban J connectivity index is 2.28. The zero-order chi connectivity index (χ0) is 10.4. The van der Waals surface area contributed by atoms with Gasteiger partial charge in [0.15, 0.2) is 5.01 Å². The molecule has 0 saturated heterocycles. The minimum absolute atomic E-state index is 0.552. The minimum atomic E-state index is 0.552. The van der Waals surface area contributed by atoms with E-state index in [1.54, 1.807) is 0 Å². The third-order valence-corrected chi connectivity index (χ3v) is 3.74. The molecule has 0 bridgehead atoms. The lowest BCUT2D eigenvalue weighted by molar-refractivity contribution is 0.956. The number of thiazole rings is 1. The molecule has 0 N–H and O–H groups in total. The maximum atomic E-state index is 8.79. The van der Waals surface area contributed by atoms with E-state index in [1.807, 2.05) is 0 Å². The summed E-state index contributed by atoms with van der Waals surface area (Å²) < 4.78 is 1.11. The highest BCUT2D eigenvalue weighted by molar-refractivity contribution is 7.19. The van der Waals surface area contributed by atoms with Crippen LogP contribution in [0.1, 0.15) is 10.6 Å². The molecule has 0 radical (unpaired) electrons. The van der Waals surface area contributed by atoms with Crippen LogP contribution in [-0.2, 0) is 6.42 Å². The van der Waals surface area contributed by atoms with Crippen LogP contribution >= 0.6 is 11.3 Å². The standard InChI is InChI=1S/C11H9N3S/c1-14-3-2-7-4-8-10(5-9(7)14)15-11(6-12)13-8/h4-5H,2-3H2,1H3. The van der Waals surface area contributed by atoms with Gasteiger partial charge in [0.05, 0.1) is 10.2 Å². The second-order valence-corrected chi connectivity index (χ2v) is 4.78. The van der Waals surface area contributed by atoms with E-state index in [4.69, 9.17) is 5.26 Å². The molecule has 0 spiro atoms. The highest BCUT2D eigenvalue weighted by Gasteiger charge is 2.17. The molecule has 0 unspecified atom stereocenters. The maximum absolute atomic E-state index is 8.79. The topological polar surface area (TPSA) is 39.9 Å². The van der Waals surface area contributed by atoms with E-state index in [2.05, 4.69) is 35.1 Å². The molecule has 2 heterocycles. The van der Waals surface area contributed by atoms with Crippen LogP contribution in [0.15, 0.2) is 12.1 Å². The molecule has 1 aromatic heterocycles. The summed E-state index contributed by atoms with van der Waals surface area (Å²) in [5.41, 5.74) is 3.60. The zero-order valence-corrected chi connectivity index (χ0v) is 9.14. The zero-order valence-electron chi connectivity index (χ0n) is 8.32. The number of fused-ring (bicyclic) bond motifs is 2. The number of nitrogens with zero attached hydrogens (tertiary/aromatic N) is 3. The van der Waals surface area contributed by atoms with E-state index >= 15 is 0 Å². The normalized spacial score (nSPS) is 14.3. The van der Waals surface area contributed by atoms with Gasteiger partial charge in [-0.15, -0.1) is 11.3 Å². The Morgan fingerprint density at radius 3 is 3.20 bits per heavy atom. The first-order valence-electron chi connectivity index (χ1n) is 4.82. The number of nitriles is 1. The largest absolute Gasteiger partial charge is 0.374 e. The average Bonchev–Trinajstić information content (AvgIpc) is 2.79. The summed E-state index contributed by atoms with van der Waals surface area (Å²) in [5, 5.41) is 9.34. The molecule has 74 valence electrons. The molecule has 0 fully saturated rings. The van der Waals surface area contributed by atoms with Crippen molar-refractivity contribution in [2.75, 3.05) is 18.5 Å². The smallest absolute Gasteiger partial charge is 0.195 e. The van der Waals surface area contributed by atoms with Gasteiger partial charge in [0, 0.05) is 19.3 Å². The van der Waals surface area contributed by atoms with Gasteiger partial charge in [0.25, 0.3) is 0 Å². The molecule has 1 aliphatic rings. The first-order valence-corrected chi connectivity index (χ1v) is 5.64. The molecule has 0 atom stereocenters. The number of aromatic nitrogens is 1. The van der Waals surface area contributed by atoms with Gasteiger partial charge in [0.2, 0.25) is 0 Å². The number of likely N-dealkylation sites (N-methyl/N-ethyl adjacent to an activating group) is 1. The molecular weight excluding hydrogens is 206 g/mol. The van der Waals surface area contributed by atoms with Crippen molar-refractivity contribution < 1.29 is 0 Å². The van der Waals surface area contributed by atoms with E-state index in [9.17, 15) is 0 Å². The van der Waals surface area contributed by atoms with Crippen molar-refractivity contribution in [3.8, 4) is 6.07 Å². The first-order chi connectivity index (χ1) is 7.28. The van der Waals surface area contributed by atoms with E-state index in [-0.39, 0.29) is 0 Å². The second kappa shape index (κ2) is 2.94. The van der Waals surface area contributed by atoms with Gasteiger partial charge in [-0.05, 0) is 24.1 Å². The summed E-state index contributed by atoms with van der Waals surface area (Å²) in [7, 11) is 2.10. The van der Waals surface area contributed by atoms with Crippen molar-refractivity contribution in [3.63, 3.8) is 0 Å². The predicted molar refractivity (Wildman–Crippen MR) is 61.3 cm³/mol. The highest BCUT2D eigenvalue weighted by atomic mass is 32.1. The number of anilines is 1. The van der Waals surface area contributed by atoms with Gasteiger partial charge in [-0.1, -0.05) is 0 Å². The van der Waals surface area contributed by atoms with Gasteiger partial charge in [0.1, 0.15) is 6.07 Å². The summed E-state index contributed by atoms with van der Waals surface area (Å²) in [6, 6.07) is 6.36. The van der Waals surface area contributed by atoms with Gasteiger partial charge in [-0.25, -0.2) is 4.98 Å². The van der Waals surface area contributed by atoms with Crippen LogP contribution in [0.4, 0.5) is 5.69 Å². The lowest BCUT2D eigenvalue weighted by atomic mass is 10.1. The molecule has 0 amide bonds. The second-order valence-electron chi connectivity index (χ2n) is 3.75. The Bertz CT molecular complexity index is 579. The maximum Gasteiger partial charge on any atom is 0.195 e. The van der Waals surface area contributed by atoms with Crippen molar-refractivity contribution in [1.29, 1.82) is 5.26 Å². The number of benzene rings is 1. The number of hydrogen-bond acceptors (Lipinski definition) is 4. The van der Waals surface area contributed by atoms with Gasteiger partial charge in [-0.2, -0.15) is 5.26 Å². The quantitative estimate of drug-likeness (QED) is 0.676. The highest BCUT2D eigenvalue weighted by Crippen LogP contribution is 2.33. The van der Waals surface area contributed by atoms with E-state index in [0.717, 1.165) is 23.2 Å². The van der Waals surface area contributed by atoms with E-state index in [1.165, 1.54) is 22.6 Å². The molecule has 2 aromatic rings. The summed E-state index contributed by atoms with van der Waals surface area (Å²) in [6.07, 6.45) is 1.08. The fourth-order valence-corrected chi connectivity index (χ4v) is 2.80. The third kappa shape index (κ3) is 1.20. The molecule has 1 aliphatic heterocycles. The minimum Gasteiger partial charge on any atom is -0.374 e. The molecule has 0 saturated carbocycles. The first kappa shape index (κ1) is 8.69. The summed E-state index contributed by atoms with van der Waals surface area (Å²) in [4.78, 5) is 6.52. The lowest BCUT2D eigenvalue weighted by Crippen LogP contribution is -2.12. The van der Waals surface area contributed by atoms with Gasteiger partial charge < -0.3 is 4.90 Å². The van der Waals surface area contributed by atoms with E-state index < -0.39 is 0 Å². The fourth-order valence-electron chi connectivity index (χ4n) is 2.02. The van der Waals surface area contributed by atoms with Crippen LogP contribution in [0.25, 0.3) is 10.2 Å². The molecule has 4 heteroatoms.